The van der Waals surface area contributed by atoms with Crippen LogP contribution in [0.15, 0.2) is 9.59 Å². The molecule has 2 heterocycles. The maximum Gasteiger partial charge on any atom is 0.330 e. The van der Waals surface area contributed by atoms with Crippen LogP contribution in [-0.4, -0.2) is 19.1 Å². The maximum atomic E-state index is 11.8. The van der Waals surface area contributed by atoms with Crippen molar-refractivity contribution in [3.05, 3.63) is 26.7 Å². The van der Waals surface area contributed by atoms with E-state index in [0.29, 0.717) is 29.6 Å². The Morgan fingerprint density at radius 2 is 1.88 bits per heavy atom. The van der Waals surface area contributed by atoms with Crippen molar-refractivity contribution in [2.24, 2.45) is 0 Å². The lowest BCUT2D eigenvalue weighted by molar-refractivity contribution is 0.716. The minimum atomic E-state index is -0.410. The first-order valence-electron chi connectivity index (χ1n) is 5.42. The van der Waals surface area contributed by atoms with E-state index < -0.39 is 5.69 Å². The van der Waals surface area contributed by atoms with E-state index in [9.17, 15) is 9.59 Å². The minimum absolute atomic E-state index is 0.378. The summed E-state index contributed by atoms with van der Waals surface area (Å²) < 4.78 is 3.28. The molecule has 0 saturated heterocycles. The Morgan fingerprint density at radius 3 is 2.41 bits per heavy atom. The van der Waals surface area contributed by atoms with Crippen molar-refractivity contribution in [2.45, 2.75) is 32.3 Å². The van der Waals surface area contributed by atoms with Gasteiger partial charge in [0.05, 0.1) is 5.33 Å². The number of fused-ring (bicyclic) bond motifs is 1. The Balaban J connectivity index is 3.00. The van der Waals surface area contributed by atoms with Crippen LogP contribution < -0.4 is 11.2 Å². The molecule has 1 N–H and O–H groups in total. The fourth-order valence-corrected chi connectivity index (χ4v) is 2.38. The van der Waals surface area contributed by atoms with Gasteiger partial charge in [-0.25, -0.2) is 9.78 Å². The normalized spacial score (nSPS) is 11.2. The van der Waals surface area contributed by atoms with Gasteiger partial charge in [-0.3, -0.25) is 14.3 Å². The van der Waals surface area contributed by atoms with Crippen LogP contribution in [0.25, 0.3) is 11.2 Å². The molecule has 0 aromatic carbocycles. The molecule has 0 bridgehead atoms. The summed E-state index contributed by atoms with van der Waals surface area (Å²) >= 11 is 3.33. The Hall–Kier alpha value is -1.37. The summed E-state index contributed by atoms with van der Waals surface area (Å²) in [5.74, 6) is 0.751. The van der Waals surface area contributed by atoms with Crippen molar-refractivity contribution < 1.29 is 0 Å². The van der Waals surface area contributed by atoms with Gasteiger partial charge < -0.3 is 4.57 Å². The summed E-state index contributed by atoms with van der Waals surface area (Å²) in [4.78, 5) is 30.1. The summed E-state index contributed by atoms with van der Waals surface area (Å²) in [7, 11) is 0. The highest BCUT2D eigenvalue weighted by atomic mass is 79.9. The molecule has 2 aromatic heterocycles. The Morgan fingerprint density at radius 1 is 1.24 bits per heavy atom. The second-order valence-corrected chi connectivity index (χ2v) is 4.14. The molecule has 2 aromatic rings. The highest BCUT2D eigenvalue weighted by molar-refractivity contribution is 9.08. The van der Waals surface area contributed by atoms with E-state index in [4.69, 9.17) is 0 Å². The minimum Gasteiger partial charge on any atom is -0.322 e. The van der Waals surface area contributed by atoms with Crippen LogP contribution in [0.1, 0.15) is 19.7 Å². The lowest BCUT2D eigenvalue weighted by atomic mass is 10.5. The number of nitrogens with one attached hydrogen (secondary N) is 1. The van der Waals surface area contributed by atoms with Crippen LogP contribution in [0, 0.1) is 0 Å². The second kappa shape index (κ2) is 4.48. The summed E-state index contributed by atoms with van der Waals surface area (Å²) in [5.41, 5.74) is 0.129. The number of rotatable bonds is 3. The monoisotopic (exact) mass is 300 g/mol. The van der Waals surface area contributed by atoms with Crippen molar-refractivity contribution in [1.82, 2.24) is 19.1 Å². The number of halogens is 1. The van der Waals surface area contributed by atoms with Gasteiger partial charge >= 0.3 is 5.69 Å². The van der Waals surface area contributed by atoms with Crippen LogP contribution >= 0.6 is 15.9 Å². The van der Waals surface area contributed by atoms with Crippen molar-refractivity contribution in [3.8, 4) is 0 Å². The number of H-pyrrole nitrogens is 1. The van der Waals surface area contributed by atoms with E-state index in [2.05, 4.69) is 25.9 Å². The summed E-state index contributed by atoms with van der Waals surface area (Å²) in [6.07, 6.45) is 0. The van der Waals surface area contributed by atoms with Gasteiger partial charge in [0, 0.05) is 13.1 Å². The molecule has 0 aliphatic rings. The molecule has 0 aliphatic carbocycles. The number of alkyl halides is 1. The van der Waals surface area contributed by atoms with Gasteiger partial charge in [0.1, 0.15) is 5.82 Å². The van der Waals surface area contributed by atoms with Crippen LogP contribution in [0.4, 0.5) is 0 Å². The number of aryl methyl sites for hydroxylation is 2. The molecule has 6 nitrogen and oxygen atoms in total. The zero-order valence-corrected chi connectivity index (χ0v) is 11.2. The fourth-order valence-electron chi connectivity index (χ4n) is 1.95. The van der Waals surface area contributed by atoms with Crippen LogP contribution in [0.3, 0.4) is 0 Å². The largest absolute Gasteiger partial charge is 0.330 e. The Bertz CT molecular complexity index is 667. The Labute approximate surface area is 105 Å². The number of hydrogen-bond acceptors (Lipinski definition) is 3. The Kier molecular flexibility index (Phi) is 3.19. The maximum absolute atomic E-state index is 11.8. The predicted molar refractivity (Wildman–Crippen MR) is 68.6 cm³/mol. The van der Waals surface area contributed by atoms with Gasteiger partial charge in [-0.2, -0.15) is 0 Å². The molecule has 92 valence electrons. The third-order valence-corrected chi connectivity index (χ3v) is 3.22. The van der Waals surface area contributed by atoms with E-state index in [1.165, 1.54) is 4.57 Å². The molecule has 0 aliphatic heterocycles. The van der Waals surface area contributed by atoms with E-state index in [-0.39, 0.29) is 5.56 Å². The van der Waals surface area contributed by atoms with Gasteiger partial charge in [-0.05, 0) is 13.8 Å². The zero-order valence-electron chi connectivity index (χ0n) is 9.66. The van der Waals surface area contributed by atoms with Crippen LogP contribution in [0.5, 0.6) is 0 Å². The van der Waals surface area contributed by atoms with Gasteiger partial charge in [-0.1, -0.05) is 15.9 Å². The van der Waals surface area contributed by atoms with Crippen molar-refractivity contribution in [3.63, 3.8) is 0 Å². The van der Waals surface area contributed by atoms with Crippen molar-refractivity contribution >= 4 is 27.1 Å². The van der Waals surface area contributed by atoms with Gasteiger partial charge in [0.15, 0.2) is 11.2 Å². The molecule has 0 atom stereocenters. The van der Waals surface area contributed by atoms with E-state index in [1.54, 1.807) is 0 Å². The van der Waals surface area contributed by atoms with Crippen LogP contribution in [0.2, 0.25) is 0 Å². The highest BCUT2D eigenvalue weighted by Crippen LogP contribution is 2.13. The third-order valence-electron chi connectivity index (χ3n) is 2.72. The average Bonchev–Trinajstić information content (AvgIpc) is 2.68. The van der Waals surface area contributed by atoms with Crippen LogP contribution in [-0.2, 0) is 18.4 Å². The standard InChI is InChI=1S/C10H13BrN4O2/c1-3-14-6(5-11)12-8-7(14)9(16)13-10(17)15(8)4-2/h3-5H2,1-2H3,(H,13,16,17). The molecule has 0 unspecified atom stereocenters. The zero-order chi connectivity index (χ0) is 12.6. The lowest BCUT2D eigenvalue weighted by Crippen LogP contribution is -2.30. The lowest BCUT2D eigenvalue weighted by Gasteiger charge is -2.03. The van der Waals surface area contributed by atoms with Gasteiger partial charge in [-0.15, -0.1) is 0 Å². The third kappa shape index (κ3) is 1.74. The molecular formula is C10H13BrN4O2. The molecular weight excluding hydrogens is 288 g/mol. The molecule has 0 radical (unpaired) electrons. The molecule has 2 rings (SSSR count). The quantitative estimate of drug-likeness (QED) is 0.853. The predicted octanol–water partition coefficient (Wildman–Crippen LogP) is 0.821. The topological polar surface area (TPSA) is 72.7 Å². The number of aromatic nitrogens is 4. The number of nitrogens with zero attached hydrogens (tertiary/aromatic N) is 3. The van der Waals surface area contributed by atoms with E-state index in [1.807, 2.05) is 18.4 Å². The van der Waals surface area contributed by atoms with Crippen molar-refractivity contribution in [1.29, 1.82) is 0 Å². The van der Waals surface area contributed by atoms with E-state index >= 15 is 0 Å². The second-order valence-electron chi connectivity index (χ2n) is 3.58. The van der Waals surface area contributed by atoms with Gasteiger partial charge in [0.2, 0.25) is 0 Å². The fraction of sp³-hybridized carbons (Fsp3) is 0.500. The average molecular weight is 301 g/mol. The molecule has 0 spiro atoms. The number of aromatic amines is 1. The SMILES string of the molecule is CCn1c(CBr)nc2c1c(=O)[nH]c(=O)n2CC. The number of hydrogen-bond donors (Lipinski definition) is 1. The summed E-state index contributed by atoms with van der Waals surface area (Å²) in [5, 5.41) is 0.548. The van der Waals surface area contributed by atoms with E-state index in [0.717, 1.165) is 5.82 Å². The molecule has 0 fully saturated rings. The molecule has 17 heavy (non-hydrogen) atoms. The molecule has 0 amide bonds. The molecule has 0 saturated carbocycles. The number of imidazole rings is 1. The first kappa shape index (κ1) is 12.1. The first-order valence-corrected chi connectivity index (χ1v) is 6.54. The smallest absolute Gasteiger partial charge is 0.322 e. The first-order chi connectivity index (χ1) is 8.13. The summed E-state index contributed by atoms with van der Waals surface area (Å²) in [6.45, 7) is 4.91. The summed E-state index contributed by atoms with van der Waals surface area (Å²) in [6, 6.07) is 0. The van der Waals surface area contributed by atoms with Crippen molar-refractivity contribution in [2.75, 3.05) is 0 Å². The van der Waals surface area contributed by atoms with Gasteiger partial charge in [0.25, 0.3) is 5.56 Å². The molecule has 7 heteroatoms. The highest BCUT2D eigenvalue weighted by Gasteiger charge is 2.15.